The second-order valence-corrected chi connectivity index (χ2v) is 4.35. The van der Waals surface area contributed by atoms with Gasteiger partial charge in [0.15, 0.2) is 17.5 Å². The van der Waals surface area contributed by atoms with Crippen LogP contribution in [0.4, 0.5) is 14.6 Å². The summed E-state index contributed by atoms with van der Waals surface area (Å²) in [5.74, 6) is 3.13. The van der Waals surface area contributed by atoms with Crippen molar-refractivity contribution in [3.05, 3.63) is 42.0 Å². The first-order valence-electron chi connectivity index (χ1n) is 5.29. The van der Waals surface area contributed by atoms with Crippen molar-refractivity contribution in [2.24, 2.45) is 5.84 Å². The molecule has 0 aliphatic carbocycles. The van der Waals surface area contributed by atoms with Crippen molar-refractivity contribution in [1.82, 2.24) is 4.98 Å². The second-order valence-electron chi connectivity index (χ2n) is 3.50. The Balaban J connectivity index is 2.38. The molecule has 0 saturated carbocycles. The lowest BCUT2D eigenvalue weighted by Gasteiger charge is -2.10. The van der Waals surface area contributed by atoms with Gasteiger partial charge >= 0.3 is 0 Å². The molecule has 0 saturated heterocycles. The molecular formula is C12H11F2N3OS. The number of benzene rings is 1. The van der Waals surface area contributed by atoms with E-state index in [0.29, 0.717) is 11.8 Å². The van der Waals surface area contributed by atoms with Crippen LogP contribution in [0.15, 0.2) is 35.2 Å². The zero-order valence-electron chi connectivity index (χ0n) is 9.98. The average Bonchev–Trinajstić information content (AvgIpc) is 2.42. The molecule has 0 spiro atoms. The molecule has 0 atom stereocenters. The number of nitrogen functional groups attached to an aromatic ring is 1. The number of nitrogens with two attached hydrogens (primary N) is 1. The molecule has 0 fully saturated rings. The Morgan fingerprint density at radius 2 is 2.00 bits per heavy atom. The lowest BCUT2D eigenvalue weighted by molar-refractivity contribution is 0.410. The molecule has 0 radical (unpaired) electrons. The van der Waals surface area contributed by atoms with Crippen LogP contribution in [0.1, 0.15) is 0 Å². The van der Waals surface area contributed by atoms with E-state index in [0.717, 1.165) is 4.90 Å². The Morgan fingerprint density at radius 1 is 1.26 bits per heavy atom. The van der Waals surface area contributed by atoms with Crippen LogP contribution in [0.2, 0.25) is 0 Å². The molecule has 19 heavy (non-hydrogen) atoms. The van der Waals surface area contributed by atoms with Gasteiger partial charge in [0.1, 0.15) is 5.75 Å². The highest BCUT2D eigenvalue weighted by Crippen LogP contribution is 2.32. The minimum atomic E-state index is -0.896. The summed E-state index contributed by atoms with van der Waals surface area (Å²) in [7, 11) is 0. The molecule has 3 N–H and O–H groups in total. The number of hydrogen-bond acceptors (Lipinski definition) is 5. The standard InChI is InChI=1S/C12H11F2N3OS/c1-19-10-5-3-2-4-9(10)18-12-8(14)6-7(13)11(16-12)17-15/h2-6H,15H2,1H3,(H,16,17). The number of nitrogens with one attached hydrogen (secondary N) is 1. The summed E-state index contributed by atoms with van der Waals surface area (Å²) in [6, 6.07) is 7.74. The number of para-hydroxylation sites is 1. The fourth-order valence-corrected chi connectivity index (χ4v) is 1.96. The third kappa shape index (κ3) is 2.94. The average molecular weight is 283 g/mol. The smallest absolute Gasteiger partial charge is 0.258 e. The molecule has 0 amide bonds. The Hall–Kier alpha value is -1.86. The maximum absolute atomic E-state index is 13.6. The minimum Gasteiger partial charge on any atom is -0.435 e. The van der Waals surface area contributed by atoms with Crippen molar-refractivity contribution in [2.45, 2.75) is 4.90 Å². The van der Waals surface area contributed by atoms with Gasteiger partial charge < -0.3 is 10.2 Å². The van der Waals surface area contributed by atoms with E-state index in [1.807, 2.05) is 23.8 Å². The highest BCUT2D eigenvalue weighted by molar-refractivity contribution is 7.98. The molecule has 2 rings (SSSR count). The number of aromatic nitrogens is 1. The normalized spacial score (nSPS) is 10.3. The van der Waals surface area contributed by atoms with Gasteiger partial charge in [0.2, 0.25) is 0 Å². The summed E-state index contributed by atoms with van der Waals surface area (Å²) in [6.07, 6.45) is 1.86. The molecule has 100 valence electrons. The van der Waals surface area contributed by atoms with Crippen LogP contribution >= 0.6 is 11.8 Å². The molecule has 4 nitrogen and oxygen atoms in total. The third-order valence-corrected chi connectivity index (χ3v) is 3.09. The number of rotatable bonds is 4. The van der Waals surface area contributed by atoms with Gasteiger partial charge in [-0.15, -0.1) is 11.8 Å². The van der Waals surface area contributed by atoms with Gasteiger partial charge in [0.05, 0.1) is 0 Å². The number of hydrogen-bond donors (Lipinski definition) is 2. The van der Waals surface area contributed by atoms with Crippen molar-refractivity contribution in [3.8, 4) is 11.6 Å². The summed E-state index contributed by atoms with van der Waals surface area (Å²) in [5.41, 5.74) is 2.04. The predicted molar refractivity (Wildman–Crippen MR) is 70.3 cm³/mol. The molecule has 7 heteroatoms. The van der Waals surface area contributed by atoms with Gasteiger partial charge in [-0.1, -0.05) is 12.1 Å². The molecule has 2 aromatic rings. The first-order chi connectivity index (χ1) is 9.15. The topological polar surface area (TPSA) is 60.2 Å². The van der Waals surface area contributed by atoms with E-state index in [1.165, 1.54) is 11.8 Å². The highest BCUT2D eigenvalue weighted by Gasteiger charge is 2.14. The maximum Gasteiger partial charge on any atom is 0.258 e. The van der Waals surface area contributed by atoms with Gasteiger partial charge in [-0.2, -0.15) is 4.98 Å². The molecule has 0 unspecified atom stereocenters. The van der Waals surface area contributed by atoms with Crippen LogP contribution in [0.3, 0.4) is 0 Å². The van der Waals surface area contributed by atoms with E-state index in [-0.39, 0.29) is 11.7 Å². The van der Waals surface area contributed by atoms with Crippen molar-refractivity contribution < 1.29 is 13.5 Å². The largest absolute Gasteiger partial charge is 0.435 e. The number of anilines is 1. The molecule has 1 heterocycles. The zero-order chi connectivity index (χ0) is 13.8. The lowest BCUT2D eigenvalue weighted by atomic mass is 10.3. The molecule has 0 aliphatic rings. The van der Waals surface area contributed by atoms with Gasteiger partial charge in [-0.25, -0.2) is 14.6 Å². The summed E-state index contributed by atoms with van der Waals surface area (Å²) < 4.78 is 32.2. The Labute approximate surface area is 113 Å². The number of hydrazine groups is 1. The number of pyridine rings is 1. The highest BCUT2D eigenvalue weighted by atomic mass is 32.2. The summed E-state index contributed by atoms with van der Waals surface area (Å²) in [6.45, 7) is 0. The van der Waals surface area contributed by atoms with Crippen molar-refractivity contribution in [1.29, 1.82) is 0 Å². The molecular weight excluding hydrogens is 272 g/mol. The Morgan fingerprint density at radius 3 is 2.68 bits per heavy atom. The van der Waals surface area contributed by atoms with E-state index in [4.69, 9.17) is 10.6 Å². The lowest BCUT2D eigenvalue weighted by Crippen LogP contribution is -2.11. The van der Waals surface area contributed by atoms with E-state index >= 15 is 0 Å². The van der Waals surface area contributed by atoms with E-state index in [1.54, 1.807) is 12.1 Å². The molecule has 1 aromatic heterocycles. The molecule has 1 aromatic carbocycles. The summed E-state index contributed by atoms with van der Waals surface area (Å²) >= 11 is 1.44. The van der Waals surface area contributed by atoms with E-state index < -0.39 is 11.6 Å². The molecule has 0 aliphatic heterocycles. The van der Waals surface area contributed by atoms with Crippen LogP contribution in [0.25, 0.3) is 0 Å². The van der Waals surface area contributed by atoms with Crippen LogP contribution in [0.5, 0.6) is 11.6 Å². The van der Waals surface area contributed by atoms with Gasteiger partial charge in [-0.05, 0) is 18.4 Å². The Bertz CT molecular complexity index is 595. The first-order valence-corrected chi connectivity index (χ1v) is 6.51. The second kappa shape index (κ2) is 5.85. The fourth-order valence-electron chi connectivity index (χ4n) is 1.43. The number of ether oxygens (including phenoxy) is 1. The minimum absolute atomic E-state index is 0.280. The van der Waals surface area contributed by atoms with Crippen molar-refractivity contribution >= 4 is 17.6 Å². The van der Waals surface area contributed by atoms with Gasteiger partial charge in [0, 0.05) is 11.0 Å². The fraction of sp³-hybridized carbons (Fsp3) is 0.0833. The Kier molecular flexibility index (Phi) is 4.18. The van der Waals surface area contributed by atoms with Crippen LogP contribution < -0.4 is 16.0 Å². The van der Waals surface area contributed by atoms with Crippen molar-refractivity contribution in [3.63, 3.8) is 0 Å². The van der Waals surface area contributed by atoms with Gasteiger partial charge in [0.25, 0.3) is 5.88 Å². The maximum atomic E-state index is 13.6. The summed E-state index contributed by atoms with van der Waals surface area (Å²) in [4.78, 5) is 4.46. The quantitative estimate of drug-likeness (QED) is 0.513. The van der Waals surface area contributed by atoms with E-state index in [2.05, 4.69) is 4.98 Å². The zero-order valence-corrected chi connectivity index (χ0v) is 10.8. The number of halogens is 2. The third-order valence-electron chi connectivity index (χ3n) is 2.31. The SMILES string of the molecule is CSc1ccccc1Oc1nc(NN)c(F)cc1F. The van der Waals surface area contributed by atoms with E-state index in [9.17, 15) is 8.78 Å². The number of thioether (sulfide) groups is 1. The molecule has 0 bridgehead atoms. The monoisotopic (exact) mass is 283 g/mol. The summed E-state index contributed by atoms with van der Waals surface area (Å²) in [5, 5.41) is 0. The van der Waals surface area contributed by atoms with Gasteiger partial charge in [-0.3, -0.25) is 0 Å². The van der Waals surface area contributed by atoms with Crippen LogP contribution in [-0.2, 0) is 0 Å². The van der Waals surface area contributed by atoms with Crippen LogP contribution in [-0.4, -0.2) is 11.2 Å². The van der Waals surface area contributed by atoms with Crippen molar-refractivity contribution in [2.75, 3.05) is 11.7 Å². The van der Waals surface area contributed by atoms with Crippen LogP contribution in [0, 0.1) is 11.6 Å². The number of nitrogens with zero attached hydrogens (tertiary/aromatic N) is 1. The first kappa shape index (κ1) is 13.6. The predicted octanol–water partition coefficient (Wildman–Crippen LogP) is 3.16.